The number of aliphatic hydroxyl groups is 1. The monoisotopic (exact) mass is 430 g/mol. The Hall–Kier alpha value is -1.96. The van der Waals surface area contributed by atoms with E-state index in [-0.39, 0.29) is 23.2 Å². The molecule has 1 saturated heterocycles. The van der Waals surface area contributed by atoms with Crippen LogP contribution in [0.3, 0.4) is 0 Å². The lowest BCUT2D eigenvalue weighted by atomic mass is 9.40. The Morgan fingerprint density at radius 2 is 1.80 bits per heavy atom. The first-order valence-electron chi connectivity index (χ1n) is 10.2. The number of hydrogen-bond acceptors (Lipinski definition) is 6. The van der Waals surface area contributed by atoms with Gasteiger partial charge in [0.05, 0.1) is 17.4 Å². The Morgan fingerprint density at radius 3 is 2.43 bits per heavy atom. The molecule has 7 heteroatoms. The maximum absolute atomic E-state index is 13.7. The van der Waals surface area contributed by atoms with Gasteiger partial charge in [-0.3, -0.25) is 4.79 Å². The van der Waals surface area contributed by atoms with Gasteiger partial charge in [0.15, 0.2) is 0 Å². The third kappa shape index (κ3) is 1.81. The second-order valence-corrected chi connectivity index (χ2v) is 11.1. The summed E-state index contributed by atoms with van der Waals surface area (Å²) in [5.74, 6) is -2.52. The van der Waals surface area contributed by atoms with Crippen LogP contribution in [0.1, 0.15) is 39.7 Å². The number of carbonyl (C=O) groups is 1. The zero-order valence-corrected chi connectivity index (χ0v) is 18.6. The Labute approximate surface area is 176 Å². The van der Waals surface area contributed by atoms with E-state index >= 15 is 0 Å². The minimum atomic E-state index is -4.17. The Bertz CT molecular complexity index is 1160. The summed E-state index contributed by atoms with van der Waals surface area (Å²) in [4.78, 5) is 13.7. The van der Waals surface area contributed by atoms with E-state index in [0.717, 1.165) is 11.1 Å². The number of ether oxygens (including phenoxy) is 1. The molecular formula is C23H26O6S. The van der Waals surface area contributed by atoms with E-state index in [1.165, 1.54) is 12.1 Å². The number of benzene rings is 1. The minimum Gasteiger partial charge on any atom is -0.383 e. The molecule has 4 bridgehead atoms. The summed E-state index contributed by atoms with van der Waals surface area (Å²) in [5, 5.41) is 11.5. The van der Waals surface area contributed by atoms with Crippen molar-refractivity contribution >= 4 is 15.9 Å². The summed E-state index contributed by atoms with van der Waals surface area (Å²) >= 11 is 0. The molecule has 1 aromatic rings. The van der Waals surface area contributed by atoms with Crippen molar-refractivity contribution in [2.75, 3.05) is 6.61 Å². The van der Waals surface area contributed by atoms with Crippen LogP contribution in [0.25, 0.3) is 0 Å². The van der Waals surface area contributed by atoms with E-state index in [9.17, 15) is 18.3 Å². The molecule has 5 atom stereocenters. The van der Waals surface area contributed by atoms with E-state index in [1.54, 1.807) is 26.0 Å². The molecular weight excluding hydrogens is 404 g/mol. The van der Waals surface area contributed by atoms with Gasteiger partial charge in [-0.05, 0) is 56.4 Å². The van der Waals surface area contributed by atoms with Gasteiger partial charge in [-0.25, -0.2) is 0 Å². The molecule has 2 fully saturated rings. The second kappa shape index (κ2) is 5.44. The number of hydrogen-bond donors (Lipinski definition) is 1. The van der Waals surface area contributed by atoms with Crippen LogP contribution in [0.15, 0.2) is 52.1 Å². The lowest BCUT2D eigenvalue weighted by Crippen LogP contribution is -2.71. The molecule has 4 aliphatic carbocycles. The maximum atomic E-state index is 13.7. The SMILES string of the molecule is CC1=C(OS(=O)(=O)c2ccc(C)cc2)C2(C)C3(C)COC2(O)C(=O)C12C3=CCC2C. The highest BCUT2D eigenvalue weighted by atomic mass is 32.2. The molecule has 1 aliphatic heterocycles. The number of aryl methyl sites for hydroxylation is 1. The van der Waals surface area contributed by atoms with E-state index in [2.05, 4.69) is 6.08 Å². The van der Waals surface area contributed by atoms with Crippen molar-refractivity contribution < 1.29 is 27.2 Å². The smallest absolute Gasteiger partial charge is 0.338 e. The molecule has 1 heterocycles. The summed E-state index contributed by atoms with van der Waals surface area (Å²) in [6, 6.07) is 6.41. The molecule has 0 radical (unpaired) electrons. The Kier molecular flexibility index (Phi) is 3.62. The quantitative estimate of drug-likeness (QED) is 0.585. The average Bonchev–Trinajstić information content (AvgIpc) is 3.12. The Morgan fingerprint density at radius 1 is 1.17 bits per heavy atom. The van der Waals surface area contributed by atoms with Gasteiger partial charge < -0.3 is 14.0 Å². The molecule has 6 nitrogen and oxygen atoms in total. The maximum Gasteiger partial charge on any atom is 0.338 e. The van der Waals surface area contributed by atoms with Crippen molar-refractivity contribution in [1.29, 1.82) is 0 Å². The molecule has 1 N–H and O–H groups in total. The highest BCUT2D eigenvalue weighted by molar-refractivity contribution is 7.86. The van der Waals surface area contributed by atoms with Gasteiger partial charge in [0, 0.05) is 5.41 Å². The first-order chi connectivity index (χ1) is 13.9. The Balaban J connectivity index is 1.77. The van der Waals surface area contributed by atoms with Crippen LogP contribution >= 0.6 is 0 Å². The van der Waals surface area contributed by atoms with Crippen LogP contribution in [0.2, 0.25) is 0 Å². The standard InChI is InChI=1S/C23H26O6S/c1-13-6-9-16(10-7-13)30(26,27)29-18-15(3)22-14(2)8-11-17(22)20(4)12-28-23(25,19(22)24)21(18,20)5/h6-7,9-11,14,25H,8,12H2,1-5H3. The predicted octanol–water partition coefficient (Wildman–Crippen LogP) is 3.25. The number of allylic oxidation sites excluding steroid dienone is 2. The summed E-state index contributed by atoms with van der Waals surface area (Å²) in [7, 11) is -4.17. The molecule has 0 aromatic heterocycles. The molecule has 160 valence electrons. The van der Waals surface area contributed by atoms with E-state index in [1.807, 2.05) is 20.8 Å². The number of rotatable bonds is 3. The van der Waals surface area contributed by atoms with E-state index < -0.39 is 37.9 Å². The molecule has 1 spiro atoms. The van der Waals surface area contributed by atoms with Crippen LogP contribution in [-0.2, 0) is 23.8 Å². The van der Waals surface area contributed by atoms with Gasteiger partial charge in [0.1, 0.15) is 10.7 Å². The number of carbonyl (C=O) groups excluding carboxylic acids is 1. The van der Waals surface area contributed by atoms with Gasteiger partial charge in [-0.2, -0.15) is 8.42 Å². The van der Waals surface area contributed by atoms with Gasteiger partial charge in [-0.15, -0.1) is 0 Å². The van der Waals surface area contributed by atoms with Crippen molar-refractivity contribution in [1.82, 2.24) is 0 Å². The van der Waals surface area contributed by atoms with Crippen LogP contribution in [0.5, 0.6) is 0 Å². The summed E-state index contributed by atoms with van der Waals surface area (Å²) in [6.45, 7) is 9.33. The molecule has 1 aromatic carbocycles. The molecule has 5 aliphatic rings. The molecule has 30 heavy (non-hydrogen) atoms. The lowest BCUT2D eigenvalue weighted by Gasteiger charge is -2.62. The van der Waals surface area contributed by atoms with Crippen molar-refractivity contribution in [2.45, 2.75) is 51.7 Å². The van der Waals surface area contributed by atoms with E-state index in [0.29, 0.717) is 12.0 Å². The van der Waals surface area contributed by atoms with Crippen molar-refractivity contribution in [3.8, 4) is 0 Å². The van der Waals surface area contributed by atoms with Crippen molar-refractivity contribution in [2.24, 2.45) is 22.2 Å². The van der Waals surface area contributed by atoms with Gasteiger partial charge in [0.25, 0.3) is 0 Å². The van der Waals surface area contributed by atoms with Crippen LogP contribution in [0.4, 0.5) is 0 Å². The van der Waals surface area contributed by atoms with Gasteiger partial charge in [-0.1, -0.05) is 37.6 Å². The largest absolute Gasteiger partial charge is 0.383 e. The van der Waals surface area contributed by atoms with Crippen molar-refractivity contribution in [3.05, 3.63) is 52.8 Å². The molecule has 1 saturated carbocycles. The first-order valence-corrected chi connectivity index (χ1v) is 11.6. The van der Waals surface area contributed by atoms with E-state index in [4.69, 9.17) is 8.92 Å². The number of ketones is 1. The summed E-state index contributed by atoms with van der Waals surface area (Å²) in [5.41, 5.74) is -0.783. The van der Waals surface area contributed by atoms with Gasteiger partial charge >= 0.3 is 10.1 Å². The fourth-order valence-electron chi connectivity index (χ4n) is 6.43. The topological polar surface area (TPSA) is 89.9 Å². The molecule has 5 unspecified atom stereocenters. The molecule has 6 rings (SSSR count). The predicted molar refractivity (Wildman–Crippen MR) is 109 cm³/mol. The van der Waals surface area contributed by atoms with Crippen LogP contribution in [-0.4, -0.2) is 31.7 Å². The zero-order chi connectivity index (χ0) is 21.9. The van der Waals surface area contributed by atoms with Crippen molar-refractivity contribution in [3.63, 3.8) is 0 Å². The highest BCUT2D eigenvalue weighted by Gasteiger charge is 2.85. The van der Waals surface area contributed by atoms with Crippen LogP contribution < -0.4 is 0 Å². The lowest BCUT2D eigenvalue weighted by molar-refractivity contribution is -0.235. The molecule has 0 amide bonds. The third-order valence-electron chi connectivity index (χ3n) is 8.34. The normalized spacial score (nSPS) is 41.9. The van der Waals surface area contributed by atoms with Crippen LogP contribution in [0, 0.1) is 29.1 Å². The fraction of sp³-hybridized carbons (Fsp3) is 0.522. The second-order valence-electron chi connectivity index (χ2n) is 9.59. The van der Waals surface area contributed by atoms with Gasteiger partial charge in [0.2, 0.25) is 11.6 Å². The summed E-state index contributed by atoms with van der Waals surface area (Å²) < 4.78 is 37.9. The third-order valence-corrected chi connectivity index (χ3v) is 9.58. The first kappa shape index (κ1) is 20.0. The zero-order valence-electron chi connectivity index (χ0n) is 17.8. The highest BCUT2D eigenvalue weighted by Crippen LogP contribution is 2.78. The summed E-state index contributed by atoms with van der Waals surface area (Å²) in [6.07, 6.45) is 2.75. The fourth-order valence-corrected chi connectivity index (χ4v) is 7.51. The number of Topliss-reactive ketones (excluding diaryl/α,β-unsaturated/α-hetero) is 1. The average molecular weight is 431 g/mol. The minimum absolute atomic E-state index is 0.0305.